The van der Waals surface area contributed by atoms with Crippen molar-refractivity contribution in [2.45, 2.75) is 6.54 Å². The molecule has 0 saturated carbocycles. The molecule has 2 rings (SSSR count). The summed E-state index contributed by atoms with van der Waals surface area (Å²) in [5.74, 6) is 1.58. The lowest BCUT2D eigenvalue weighted by Gasteiger charge is -1.96. The second-order valence-corrected chi connectivity index (χ2v) is 3.44. The number of halogens is 2. The van der Waals surface area contributed by atoms with Crippen molar-refractivity contribution in [3.63, 3.8) is 0 Å². The molecule has 0 fully saturated rings. The van der Waals surface area contributed by atoms with Gasteiger partial charge in [0.2, 0.25) is 0 Å². The number of fused-ring (bicyclic) bond motifs is 1. The summed E-state index contributed by atoms with van der Waals surface area (Å²) in [5.41, 5.74) is 2.09. The molecule has 5 heteroatoms. The van der Waals surface area contributed by atoms with Crippen LogP contribution in [0.4, 0.5) is 0 Å². The van der Waals surface area contributed by atoms with Crippen molar-refractivity contribution in [3.05, 3.63) is 30.1 Å². The van der Waals surface area contributed by atoms with Crippen LogP contribution in [-0.2, 0) is 6.54 Å². The van der Waals surface area contributed by atoms with Crippen LogP contribution in [0.3, 0.4) is 0 Å². The average Bonchev–Trinajstić information content (AvgIpc) is 2.60. The zero-order valence-corrected chi connectivity index (χ0v) is 9.74. The second-order valence-electron chi connectivity index (χ2n) is 3.07. The minimum atomic E-state index is 0. The Balaban J connectivity index is 0.00000112. The Morgan fingerprint density at radius 2 is 2.13 bits per heavy atom. The van der Waals surface area contributed by atoms with E-state index < -0.39 is 0 Å². The van der Waals surface area contributed by atoms with Gasteiger partial charge >= 0.3 is 0 Å². The van der Waals surface area contributed by atoms with Crippen molar-refractivity contribution < 1.29 is 0 Å². The fraction of sp³-hybridized carbons (Fsp3) is 0.300. The number of H-pyrrole nitrogens is 1. The van der Waals surface area contributed by atoms with E-state index in [1.165, 1.54) is 0 Å². The average molecular weight is 246 g/mol. The van der Waals surface area contributed by atoms with Crippen LogP contribution in [0.15, 0.2) is 24.3 Å². The molecule has 3 nitrogen and oxygen atoms in total. The molecule has 0 atom stereocenters. The van der Waals surface area contributed by atoms with Crippen LogP contribution in [0, 0.1) is 0 Å². The highest BCUT2D eigenvalue weighted by atomic mass is 35.5. The number of para-hydroxylation sites is 2. The van der Waals surface area contributed by atoms with Gasteiger partial charge in [0.25, 0.3) is 0 Å². The van der Waals surface area contributed by atoms with Gasteiger partial charge in [0, 0.05) is 12.4 Å². The number of hydrogen-bond acceptors (Lipinski definition) is 2. The van der Waals surface area contributed by atoms with E-state index in [4.69, 9.17) is 11.6 Å². The Morgan fingerprint density at radius 1 is 1.33 bits per heavy atom. The Morgan fingerprint density at radius 3 is 2.87 bits per heavy atom. The van der Waals surface area contributed by atoms with Gasteiger partial charge in [-0.25, -0.2) is 4.98 Å². The zero-order valence-electron chi connectivity index (χ0n) is 8.16. The summed E-state index contributed by atoms with van der Waals surface area (Å²) in [6, 6.07) is 8.00. The molecule has 0 saturated heterocycles. The minimum absolute atomic E-state index is 0. The molecule has 2 N–H and O–H groups in total. The molecule has 0 spiro atoms. The fourth-order valence-corrected chi connectivity index (χ4v) is 1.50. The molecule has 1 aromatic heterocycles. The number of aromatic amines is 1. The third kappa shape index (κ3) is 3.09. The van der Waals surface area contributed by atoms with Gasteiger partial charge in [-0.3, -0.25) is 0 Å². The lowest BCUT2D eigenvalue weighted by atomic mass is 10.3. The molecule has 15 heavy (non-hydrogen) atoms. The third-order valence-corrected chi connectivity index (χ3v) is 2.19. The molecule has 0 bridgehead atoms. The molecule has 0 amide bonds. The summed E-state index contributed by atoms with van der Waals surface area (Å²) >= 11 is 5.55. The smallest absolute Gasteiger partial charge is 0.121 e. The molecular formula is C10H13Cl2N3. The second kappa shape index (κ2) is 5.95. The van der Waals surface area contributed by atoms with Crippen LogP contribution >= 0.6 is 24.0 Å². The van der Waals surface area contributed by atoms with E-state index in [1.54, 1.807) is 0 Å². The van der Waals surface area contributed by atoms with E-state index in [-0.39, 0.29) is 12.4 Å². The quantitative estimate of drug-likeness (QED) is 0.642. The van der Waals surface area contributed by atoms with Gasteiger partial charge in [0.05, 0.1) is 17.6 Å². The van der Waals surface area contributed by atoms with E-state index in [9.17, 15) is 0 Å². The van der Waals surface area contributed by atoms with Crippen molar-refractivity contribution >= 4 is 35.0 Å². The molecule has 82 valence electrons. The third-order valence-electron chi connectivity index (χ3n) is 2.00. The molecule has 0 aliphatic rings. The number of hydrogen-bond donors (Lipinski definition) is 2. The number of aromatic nitrogens is 2. The maximum atomic E-state index is 5.55. The highest BCUT2D eigenvalue weighted by molar-refractivity contribution is 6.18. The van der Waals surface area contributed by atoms with Crippen molar-refractivity contribution in [2.75, 3.05) is 12.4 Å². The number of alkyl halides is 1. The first kappa shape index (κ1) is 12.3. The zero-order chi connectivity index (χ0) is 9.80. The number of nitrogens with zero attached hydrogens (tertiary/aromatic N) is 1. The van der Waals surface area contributed by atoms with E-state index in [0.29, 0.717) is 5.88 Å². The summed E-state index contributed by atoms with van der Waals surface area (Å²) in [5, 5.41) is 3.19. The van der Waals surface area contributed by atoms with Crippen LogP contribution in [0.2, 0.25) is 0 Å². The predicted molar refractivity (Wildman–Crippen MR) is 65.8 cm³/mol. The van der Waals surface area contributed by atoms with Crippen molar-refractivity contribution in [3.8, 4) is 0 Å². The first-order valence-corrected chi connectivity index (χ1v) is 5.14. The topological polar surface area (TPSA) is 40.7 Å². The summed E-state index contributed by atoms with van der Waals surface area (Å²) in [4.78, 5) is 7.66. The Hall–Kier alpha value is -0.770. The molecule has 1 aromatic carbocycles. The standard InChI is InChI=1S/C10H12ClN3.ClH/c11-5-6-12-7-10-13-8-3-1-2-4-9(8)14-10;/h1-4,12H,5-7H2,(H,13,14);1H. The van der Waals surface area contributed by atoms with Crippen LogP contribution in [0.1, 0.15) is 5.82 Å². The lowest BCUT2D eigenvalue weighted by Crippen LogP contribution is -2.16. The maximum absolute atomic E-state index is 5.55. The lowest BCUT2D eigenvalue weighted by molar-refractivity contribution is 0.703. The monoisotopic (exact) mass is 245 g/mol. The van der Waals surface area contributed by atoms with Gasteiger partial charge in [-0.15, -0.1) is 24.0 Å². The van der Waals surface area contributed by atoms with E-state index in [1.807, 2.05) is 24.3 Å². The highest BCUT2D eigenvalue weighted by Crippen LogP contribution is 2.09. The number of rotatable bonds is 4. The number of benzene rings is 1. The van der Waals surface area contributed by atoms with Crippen molar-refractivity contribution in [2.24, 2.45) is 0 Å². The van der Waals surface area contributed by atoms with E-state index >= 15 is 0 Å². The summed E-state index contributed by atoms with van der Waals surface area (Å²) in [6.45, 7) is 1.54. The van der Waals surface area contributed by atoms with E-state index in [0.717, 1.165) is 29.9 Å². The first-order chi connectivity index (χ1) is 6.90. The largest absolute Gasteiger partial charge is 0.341 e. The number of nitrogens with one attached hydrogen (secondary N) is 2. The summed E-state index contributed by atoms with van der Waals surface area (Å²) in [6.07, 6.45) is 0. The van der Waals surface area contributed by atoms with Crippen molar-refractivity contribution in [1.29, 1.82) is 0 Å². The molecule has 0 aliphatic carbocycles. The summed E-state index contributed by atoms with van der Waals surface area (Å²) < 4.78 is 0. The molecule has 0 unspecified atom stereocenters. The number of imidazole rings is 1. The first-order valence-electron chi connectivity index (χ1n) is 4.60. The van der Waals surface area contributed by atoms with Crippen LogP contribution in [-0.4, -0.2) is 22.4 Å². The Bertz CT molecular complexity index is 381. The minimum Gasteiger partial charge on any atom is -0.341 e. The van der Waals surface area contributed by atoms with Gasteiger partial charge < -0.3 is 10.3 Å². The maximum Gasteiger partial charge on any atom is 0.121 e. The molecular weight excluding hydrogens is 233 g/mol. The SMILES string of the molecule is Cl.ClCCNCc1nc2ccccc2[nH]1. The van der Waals surface area contributed by atoms with E-state index in [2.05, 4.69) is 15.3 Å². The normalized spacial score (nSPS) is 10.2. The summed E-state index contributed by atoms with van der Waals surface area (Å²) in [7, 11) is 0. The van der Waals surface area contributed by atoms with Crippen LogP contribution in [0.25, 0.3) is 11.0 Å². The van der Waals surface area contributed by atoms with Crippen LogP contribution in [0.5, 0.6) is 0 Å². The fourth-order valence-electron chi connectivity index (χ4n) is 1.36. The molecule has 1 heterocycles. The van der Waals surface area contributed by atoms with Gasteiger partial charge in [0.1, 0.15) is 5.82 Å². The van der Waals surface area contributed by atoms with Gasteiger partial charge in [-0.2, -0.15) is 0 Å². The Kier molecular flexibility index (Phi) is 4.88. The van der Waals surface area contributed by atoms with Gasteiger partial charge in [-0.1, -0.05) is 12.1 Å². The van der Waals surface area contributed by atoms with Crippen LogP contribution < -0.4 is 5.32 Å². The molecule has 2 aromatic rings. The Labute approximate surface area is 99.6 Å². The van der Waals surface area contributed by atoms with Gasteiger partial charge in [-0.05, 0) is 12.1 Å². The predicted octanol–water partition coefficient (Wildman–Crippen LogP) is 2.31. The molecule has 0 radical (unpaired) electrons. The van der Waals surface area contributed by atoms with Gasteiger partial charge in [0.15, 0.2) is 0 Å². The van der Waals surface area contributed by atoms with Crippen molar-refractivity contribution in [1.82, 2.24) is 15.3 Å². The molecule has 0 aliphatic heterocycles. The highest BCUT2D eigenvalue weighted by Gasteiger charge is 1.99.